The highest BCUT2D eigenvalue weighted by atomic mass is 32.1. The molecule has 1 aliphatic rings. The van der Waals surface area contributed by atoms with Crippen LogP contribution in [0.5, 0.6) is 0 Å². The van der Waals surface area contributed by atoms with Crippen molar-refractivity contribution in [3.63, 3.8) is 0 Å². The zero-order valence-corrected chi connectivity index (χ0v) is 16.3. The Labute approximate surface area is 165 Å². The summed E-state index contributed by atoms with van der Waals surface area (Å²) in [5, 5.41) is 0.840. The van der Waals surface area contributed by atoms with Gasteiger partial charge in [-0.25, -0.2) is 23.7 Å². The zero-order chi connectivity index (χ0) is 19.7. The van der Waals surface area contributed by atoms with Crippen LogP contribution < -0.4 is 0 Å². The Kier molecular flexibility index (Phi) is 5.45. The highest BCUT2D eigenvalue weighted by molar-refractivity contribution is 7.11. The molecule has 0 spiro atoms. The Morgan fingerprint density at radius 2 is 2.25 bits per heavy atom. The van der Waals surface area contributed by atoms with Gasteiger partial charge < -0.3 is 0 Å². The van der Waals surface area contributed by atoms with E-state index in [9.17, 15) is 13.6 Å². The van der Waals surface area contributed by atoms with E-state index < -0.39 is 6.43 Å². The number of Topliss-reactive ketones (excluding diaryl/α,β-unsaturated/α-hetero) is 1. The fourth-order valence-corrected chi connectivity index (χ4v) is 4.79. The number of hydrogen-bond donors (Lipinski definition) is 0. The minimum atomic E-state index is -2.61. The summed E-state index contributed by atoms with van der Waals surface area (Å²) in [7, 11) is 0. The van der Waals surface area contributed by atoms with E-state index in [4.69, 9.17) is 0 Å². The third-order valence-electron chi connectivity index (χ3n) is 4.95. The van der Waals surface area contributed by atoms with E-state index in [1.807, 2.05) is 10.6 Å². The van der Waals surface area contributed by atoms with Gasteiger partial charge in [0.15, 0.2) is 0 Å². The van der Waals surface area contributed by atoms with E-state index in [0.717, 1.165) is 48.1 Å². The van der Waals surface area contributed by atoms with Crippen LogP contribution in [0.1, 0.15) is 53.4 Å². The molecule has 9 heteroatoms. The number of imidazole rings is 1. The average Bonchev–Trinajstić information content (AvgIpc) is 3.29. The molecule has 0 aromatic carbocycles. The Morgan fingerprint density at radius 3 is 3.04 bits per heavy atom. The van der Waals surface area contributed by atoms with Gasteiger partial charge in [-0.3, -0.25) is 14.1 Å². The molecular formula is C19H21F2N5OS. The van der Waals surface area contributed by atoms with Crippen LogP contribution in [0.4, 0.5) is 8.78 Å². The monoisotopic (exact) mass is 405 g/mol. The summed E-state index contributed by atoms with van der Waals surface area (Å²) in [6.07, 6.45) is 4.90. The van der Waals surface area contributed by atoms with Gasteiger partial charge in [-0.05, 0) is 32.4 Å². The van der Waals surface area contributed by atoms with Crippen molar-refractivity contribution in [1.29, 1.82) is 0 Å². The van der Waals surface area contributed by atoms with Crippen LogP contribution in [0, 0.1) is 0 Å². The number of halogens is 2. The minimum absolute atomic E-state index is 0.107. The molecule has 28 heavy (non-hydrogen) atoms. The number of rotatable bonds is 6. The SMILES string of the molecule is CC(=O)Cc1ncc(CN2CCCC(c3cc(C(F)F)nc4nccn34)C2)s1. The zero-order valence-electron chi connectivity index (χ0n) is 15.5. The van der Waals surface area contributed by atoms with Gasteiger partial charge in [-0.2, -0.15) is 0 Å². The molecule has 1 unspecified atom stereocenters. The summed E-state index contributed by atoms with van der Waals surface area (Å²) in [6.45, 7) is 4.05. The standard InChI is InChI=1S/C19H21F2N5OS/c1-12(27)7-17-23-9-14(28-17)11-25-5-2-3-13(10-25)16-8-15(18(20)21)24-19-22-4-6-26(16)19/h4,6,8-9,13,18H,2-3,5,7,10-11H2,1H3. The maximum atomic E-state index is 13.3. The third kappa shape index (κ3) is 4.10. The fraction of sp³-hybridized carbons (Fsp3) is 0.474. The Balaban J connectivity index is 1.52. The molecule has 1 aliphatic heterocycles. The van der Waals surface area contributed by atoms with Crippen LogP contribution in [0.3, 0.4) is 0 Å². The molecule has 148 valence electrons. The maximum absolute atomic E-state index is 13.3. The molecule has 0 radical (unpaired) electrons. The molecule has 1 atom stereocenters. The number of likely N-dealkylation sites (tertiary alicyclic amines) is 1. The molecule has 0 saturated carbocycles. The highest BCUT2D eigenvalue weighted by Crippen LogP contribution is 2.31. The van der Waals surface area contributed by atoms with Crippen molar-refractivity contribution in [3.05, 3.63) is 45.9 Å². The Morgan fingerprint density at radius 1 is 1.39 bits per heavy atom. The van der Waals surface area contributed by atoms with E-state index in [1.165, 1.54) is 6.07 Å². The summed E-state index contributed by atoms with van der Waals surface area (Å²) < 4.78 is 28.3. The number of nitrogens with zero attached hydrogens (tertiary/aromatic N) is 5. The highest BCUT2D eigenvalue weighted by Gasteiger charge is 2.26. The van der Waals surface area contributed by atoms with Gasteiger partial charge in [-0.15, -0.1) is 11.3 Å². The number of aromatic nitrogens is 4. The summed E-state index contributed by atoms with van der Waals surface area (Å²) in [6, 6.07) is 1.52. The van der Waals surface area contributed by atoms with Crippen LogP contribution in [0.25, 0.3) is 5.78 Å². The van der Waals surface area contributed by atoms with Gasteiger partial charge in [0.05, 0.1) is 6.42 Å². The number of alkyl halides is 2. The molecular weight excluding hydrogens is 384 g/mol. The van der Waals surface area contributed by atoms with Gasteiger partial charge >= 0.3 is 0 Å². The normalized spacial score (nSPS) is 18.2. The number of thiazole rings is 1. The maximum Gasteiger partial charge on any atom is 0.280 e. The molecule has 6 nitrogen and oxygen atoms in total. The van der Waals surface area contributed by atoms with E-state index >= 15 is 0 Å². The largest absolute Gasteiger partial charge is 0.300 e. The first-order valence-corrected chi connectivity index (χ1v) is 10.1. The predicted octanol–water partition coefficient (Wildman–Crippen LogP) is 3.63. The average molecular weight is 405 g/mol. The van der Waals surface area contributed by atoms with Gasteiger partial charge in [-0.1, -0.05) is 0 Å². The van der Waals surface area contributed by atoms with Crippen LogP contribution in [-0.2, 0) is 17.8 Å². The van der Waals surface area contributed by atoms with Crippen LogP contribution in [0.15, 0.2) is 24.7 Å². The van der Waals surface area contributed by atoms with Crippen LogP contribution in [0.2, 0.25) is 0 Å². The molecule has 0 N–H and O–H groups in total. The van der Waals surface area contributed by atoms with E-state index in [2.05, 4.69) is 19.9 Å². The second-order valence-electron chi connectivity index (χ2n) is 7.18. The number of piperidine rings is 1. The van der Waals surface area contributed by atoms with E-state index in [-0.39, 0.29) is 17.4 Å². The van der Waals surface area contributed by atoms with Gasteiger partial charge in [0.2, 0.25) is 5.78 Å². The number of ketones is 1. The van der Waals surface area contributed by atoms with E-state index in [1.54, 1.807) is 30.7 Å². The second kappa shape index (κ2) is 8.00. The molecule has 4 rings (SSSR count). The summed E-state index contributed by atoms with van der Waals surface area (Å²) >= 11 is 1.56. The van der Waals surface area contributed by atoms with Crippen molar-refractivity contribution >= 4 is 22.9 Å². The molecule has 3 aromatic rings. The van der Waals surface area contributed by atoms with Crippen molar-refractivity contribution in [2.24, 2.45) is 0 Å². The topological polar surface area (TPSA) is 63.4 Å². The Hall–Kier alpha value is -2.26. The molecule has 1 fully saturated rings. The fourth-order valence-electron chi connectivity index (χ4n) is 3.75. The van der Waals surface area contributed by atoms with Crippen LogP contribution in [-0.4, -0.2) is 43.1 Å². The molecule has 3 aromatic heterocycles. The summed E-state index contributed by atoms with van der Waals surface area (Å²) in [5.41, 5.74) is 0.617. The van der Waals surface area contributed by atoms with Crippen molar-refractivity contribution in [3.8, 4) is 0 Å². The van der Waals surface area contributed by atoms with Crippen molar-refractivity contribution in [1.82, 2.24) is 24.3 Å². The third-order valence-corrected chi connectivity index (χ3v) is 5.93. The number of carbonyl (C=O) groups is 1. The lowest BCUT2D eigenvalue weighted by Gasteiger charge is -2.32. The van der Waals surface area contributed by atoms with Crippen molar-refractivity contribution < 1.29 is 13.6 Å². The lowest BCUT2D eigenvalue weighted by atomic mass is 9.94. The quantitative estimate of drug-likeness (QED) is 0.627. The Bertz CT molecular complexity index is 986. The predicted molar refractivity (Wildman–Crippen MR) is 102 cm³/mol. The minimum Gasteiger partial charge on any atom is -0.300 e. The molecule has 0 amide bonds. The summed E-state index contributed by atoms with van der Waals surface area (Å²) in [4.78, 5) is 27.1. The molecule has 0 bridgehead atoms. The first-order chi connectivity index (χ1) is 13.5. The lowest BCUT2D eigenvalue weighted by molar-refractivity contribution is -0.116. The molecule has 1 saturated heterocycles. The van der Waals surface area contributed by atoms with Gasteiger partial charge in [0, 0.05) is 48.2 Å². The molecule has 4 heterocycles. The van der Waals surface area contributed by atoms with Crippen LogP contribution >= 0.6 is 11.3 Å². The van der Waals surface area contributed by atoms with Crippen molar-refractivity contribution in [2.75, 3.05) is 13.1 Å². The smallest absolute Gasteiger partial charge is 0.280 e. The van der Waals surface area contributed by atoms with Gasteiger partial charge in [0.1, 0.15) is 16.5 Å². The second-order valence-corrected chi connectivity index (χ2v) is 8.38. The number of fused-ring (bicyclic) bond motifs is 1. The first-order valence-electron chi connectivity index (χ1n) is 9.27. The number of hydrogen-bond acceptors (Lipinski definition) is 6. The van der Waals surface area contributed by atoms with Crippen molar-refractivity contribution in [2.45, 2.75) is 45.1 Å². The number of carbonyl (C=O) groups excluding carboxylic acids is 1. The molecule has 0 aliphatic carbocycles. The first kappa shape index (κ1) is 19.1. The van der Waals surface area contributed by atoms with Gasteiger partial charge in [0.25, 0.3) is 6.43 Å². The lowest BCUT2D eigenvalue weighted by Crippen LogP contribution is -2.34. The van der Waals surface area contributed by atoms with E-state index in [0.29, 0.717) is 12.2 Å². The summed E-state index contributed by atoms with van der Waals surface area (Å²) in [5.74, 6) is 0.563.